The van der Waals surface area contributed by atoms with E-state index in [1.165, 1.54) is 0 Å². The zero-order valence-corrected chi connectivity index (χ0v) is 16.2. The first-order valence-corrected chi connectivity index (χ1v) is 10.6. The summed E-state index contributed by atoms with van der Waals surface area (Å²) in [6.45, 7) is 2.14. The number of pyridine rings is 1. The molecule has 2 aromatic rings. The fraction of sp³-hybridized carbons (Fsp3) is 0.400. The van der Waals surface area contributed by atoms with Crippen LogP contribution >= 0.6 is 23.4 Å². The van der Waals surface area contributed by atoms with Gasteiger partial charge in [-0.05, 0) is 42.4 Å². The van der Waals surface area contributed by atoms with E-state index in [1.807, 2.05) is 46.1 Å². The van der Waals surface area contributed by atoms with E-state index in [2.05, 4.69) is 0 Å². The van der Waals surface area contributed by atoms with Gasteiger partial charge < -0.3 is 9.47 Å². The van der Waals surface area contributed by atoms with Crippen LogP contribution in [0.15, 0.2) is 41.2 Å². The van der Waals surface area contributed by atoms with Gasteiger partial charge in [-0.2, -0.15) is 11.8 Å². The lowest BCUT2D eigenvalue weighted by molar-refractivity contribution is -0.131. The summed E-state index contributed by atoms with van der Waals surface area (Å²) < 4.78 is 1.93. The molecular formula is C20H21ClN2O2S. The number of benzene rings is 1. The summed E-state index contributed by atoms with van der Waals surface area (Å²) in [5.41, 5.74) is 3.25. The number of aromatic nitrogens is 1. The topological polar surface area (TPSA) is 42.3 Å². The molecule has 3 heterocycles. The molecule has 2 atom stereocenters. The summed E-state index contributed by atoms with van der Waals surface area (Å²) in [6.07, 6.45) is 2.99. The van der Waals surface area contributed by atoms with Crippen molar-refractivity contribution in [2.24, 2.45) is 5.92 Å². The minimum atomic E-state index is 0.0521. The number of likely N-dealkylation sites (tertiary alicyclic amines) is 1. The zero-order valence-electron chi connectivity index (χ0n) is 14.7. The third-order valence-electron chi connectivity index (χ3n) is 5.37. The van der Waals surface area contributed by atoms with Crippen molar-refractivity contribution in [1.29, 1.82) is 0 Å². The van der Waals surface area contributed by atoms with Crippen molar-refractivity contribution in [2.45, 2.75) is 18.9 Å². The second-order valence-corrected chi connectivity index (χ2v) is 8.42. The van der Waals surface area contributed by atoms with E-state index in [1.54, 1.807) is 17.8 Å². The lowest BCUT2D eigenvalue weighted by atomic mass is 9.80. The Labute approximate surface area is 162 Å². The maximum atomic E-state index is 12.5. The van der Waals surface area contributed by atoms with E-state index in [0.29, 0.717) is 29.8 Å². The summed E-state index contributed by atoms with van der Waals surface area (Å²) >= 11 is 7.60. The van der Waals surface area contributed by atoms with Crippen LogP contribution in [0, 0.1) is 5.92 Å². The van der Waals surface area contributed by atoms with Crippen molar-refractivity contribution in [3.63, 3.8) is 0 Å². The molecular weight excluding hydrogens is 368 g/mol. The number of nitrogens with zero attached hydrogens (tertiary/aromatic N) is 2. The second kappa shape index (κ2) is 7.12. The van der Waals surface area contributed by atoms with Gasteiger partial charge in [0, 0.05) is 47.9 Å². The predicted molar refractivity (Wildman–Crippen MR) is 107 cm³/mol. The Kier molecular flexibility index (Phi) is 4.84. The molecule has 0 N–H and O–H groups in total. The molecule has 26 heavy (non-hydrogen) atoms. The normalized spacial score (nSPS) is 21.4. The van der Waals surface area contributed by atoms with E-state index < -0.39 is 0 Å². The third-order valence-corrected chi connectivity index (χ3v) is 6.15. The van der Waals surface area contributed by atoms with E-state index in [9.17, 15) is 9.59 Å². The fourth-order valence-corrected chi connectivity index (χ4v) is 4.86. The van der Waals surface area contributed by atoms with Crippen LogP contribution in [0.2, 0.25) is 5.02 Å². The van der Waals surface area contributed by atoms with Gasteiger partial charge in [0.05, 0.1) is 5.75 Å². The highest BCUT2D eigenvalue weighted by atomic mass is 35.5. The molecule has 1 aromatic carbocycles. The van der Waals surface area contributed by atoms with Crippen molar-refractivity contribution in [1.82, 2.24) is 9.47 Å². The molecule has 0 spiro atoms. The molecule has 1 amide bonds. The third kappa shape index (κ3) is 3.19. The number of piperidine rings is 1. The van der Waals surface area contributed by atoms with Crippen LogP contribution in [0.3, 0.4) is 0 Å². The molecule has 2 bridgehead atoms. The standard InChI is InChI=1S/C20H21ClN2O2S/c1-26-12-19(25)22-9-13-8-15(11-22)20-17(6-7-18(24)23(20)10-13)14-2-4-16(21)5-3-14/h2-7,13,15H,8-12H2,1H3/t13-,15+/m0/s1. The van der Waals surface area contributed by atoms with Gasteiger partial charge in [0.25, 0.3) is 5.56 Å². The number of fused-ring (bicyclic) bond motifs is 4. The lowest BCUT2D eigenvalue weighted by Crippen LogP contribution is -2.49. The highest BCUT2D eigenvalue weighted by Gasteiger charge is 2.37. The van der Waals surface area contributed by atoms with Gasteiger partial charge >= 0.3 is 0 Å². The quantitative estimate of drug-likeness (QED) is 0.808. The monoisotopic (exact) mass is 388 g/mol. The summed E-state index contributed by atoms with van der Waals surface area (Å²) in [7, 11) is 0. The van der Waals surface area contributed by atoms with Crippen molar-refractivity contribution in [3.05, 3.63) is 57.5 Å². The molecule has 0 unspecified atom stereocenters. The van der Waals surface area contributed by atoms with Crippen molar-refractivity contribution in [3.8, 4) is 11.1 Å². The van der Waals surface area contributed by atoms with Crippen LogP contribution in [0.25, 0.3) is 11.1 Å². The largest absolute Gasteiger partial charge is 0.341 e. The molecule has 136 valence electrons. The fourth-order valence-electron chi connectivity index (χ4n) is 4.31. The SMILES string of the molecule is CSCC(=O)N1C[C@@H]2C[C@H](C1)c1c(-c3ccc(Cl)cc3)ccc(=O)n1C2. The molecule has 1 aromatic heterocycles. The molecule has 0 saturated carbocycles. The van der Waals surface area contributed by atoms with Gasteiger partial charge in [0.15, 0.2) is 0 Å². The smallest absolute Gasteiger partial charge is 0.250 e. The van der Waals surface area contributed by atoms with Gasteiger partial charge in [-0.15, -0.1) is 0 Å². The Morgan fingerprint density at radius 3 is 2.65 bits per heavy atom. The summed E-state index contributed by atoms with van der Waals surface area (Å²) in [4.78, 5) is 26.9. The van der Waals surface area contributed by atoms with Crippen molar-refractivity contribution in [2.75, 3.05) is 25.1 Å². The lowest BCUT2D eigenvalue weighted by Gasteiger charge is -2.43. The van der Waals surface area contributed by atoms with E-state index in [0.717, 1.165) is 29.8 Å². The average Bonchev–Trinajstić information content (AvgIpc) is 2.63. The van der Waals surface area contributed by atoms with E-state index in [-0.39, 0.29) is 17.4 Å². The Balaban J connectivity index is 1.77. The van der Waals surface area contributed by atoms with Crippen molar-refractivity contribution >= 4 is 29.3 Å². The minimum Gasteiger partial charge on any atom is -0.341 e. The average molecular weight is 389 g/mol. The number of rotatable bonds is 3. The number of hydrogen-bond acceptors (Lipinski definition) is 3. The highest BCUT2D eigenvalue weighted by molar-refractivity contribution is 7.99. The number of halogens is 1. The first-order valence-electron chi connectivity index (χ1n) is 8.83. The van der Waals surface area contributed by atoms with Gasteiger partial charge in [-0.1, -0.05) is 23.7 Å². The first-order chi connectivity index (χ1) is 12.6. The Hall–Kier alpha value is -1.72. The van der Waals surface area contributed by atoms with E-state index in [4.69, 9.17) is 11.6 Å². The van der Waals surface area contributed by atoms with Crippen LogP contribution in [-0.2, 0) is 11.3 Å². The highest BCUT2D eigenvalue weighted by Crippen LogP contribution is 2.40. The van der Waals surface area contributed by atoms with Crippen LogP contribution in [0.5, 0.6) is 0 Å². The van der Waals surface area contributed by atoms with Crippen LogP contribution < -0.4 is 5.56 Å². The molecule has 6 heteroatoms. The van der Waals surface area contributed by atoms with Crippen molar-refractivity contribution < 1.29 is 4.79 Å². The molecule has 0 radical (unpaired) electrons. The molecule has 4 nitrogen and oxygen atoms in total. The van der Waals surface area contributed by atoms with Gasteiger partial charge in [-0.25, -0.2) is 0 Å². The van der Waals surface area contributed by atoms with Gasteiger partial charge in [0.2, 0.25) is 5.91 Å². The van der Waals surface area contributed by atoms with Crippen LogP contribution in [0.1, 0.15) is 18.0 Å². The number of thioether (sulfide) groups is 1. The molecule has 1 fully saturated rings. The number of hydrogen-bond donors (Lipinski definition) is 0. The summed E-state index contributed by atoms with van der Waals surface area (Å²) in [5, 5.41) is 0.697. The molecule has 4 rings (SSSR count). The zero-order chi connectivity index (χ0) is 18.3. The second-order valence-electron chi connectivity index (χ2n) is 7.12. The Morgan fingerprint density at radius 2 is 1.92 bits per heavy atom. The molecule has 2 aliphatic rings. The number of amides is 1. The molecule has 1 saturated heterocycles. The Bertz CT molecular complexity index is 894. The molecule has 2 aliphatic heterocycles. The van der Waals surface area contributed by atoms with Crippen LogP contribution in [-0.4, -0.2) is 40.5 Å². The summed E-state index contributed by atoms with van der Waals surface area (Å²) in [5.74, 6) is 1.27. The maximum absolute atomic E-state index is 12.5. The number of carbonyl (C=O) groups excluding carboxylic acids is 1. The first kappa shape index (κ1) is 17.7. The summed E-state index contributed by atoms with van der Waals surface area (Å²) in [6, 6.07) is 11.3. The number of carbonyl (C=O) groups is 1. The minimum absolute atomic E-state index is 0.0521. The Morgan fingerprint density at radius 1 is 1.15 bits per heavy atom. The van der Waals surface area contributed by atoms with Gasteiger partial charge in [-0.3, -0.25) is 9.59 Å². The van der Waals surface area contributed by atoms with E-state index >= 15 is 0 Å². The molecule has 0 aliphatic carbocycles. The maximum Gasteiger partial charge on any atom is 0.250 e. The van der Waals surface area contributed by atoms with Gasteiger partial charge in [0.1, 0.15) is 0 Å². The predicted octanol–water partition coefficient (Wildman–Crippen LogP) is 3.48. The van der Waals surface area contributed by atoms with Crippen LogP contribution in [0.4, 0.5) is 0 Å².